The molecule has 1 aromatic carbocycles. The highest BCUT2D eigenvalue weighted by Gasteiger charge is 2.06. The van der Waals surface area contributed by atoms with Crippen LogP contribution in [0.25, 0.3) is 5.69 Å². The van der Waals surface area contributed by atoms with Crippen LogP contribution in [0, 0.1) is 0 Å². The number of methoxy groups -OCH3 is 1. The molecule has 2 aromatic heterocycles. The third-order valence-electron chi connectivity index (χ3n) is 3.18. The molecule has 0 atom stereocenters. The fourth-order valence-corrected chi connectivity index (χ4v) is 2.60. The molecule has 0 saturated carbocycles. The Labute approximate surface area is 136 Å². The molecule has 9 heteroatoms. The van der Waals surface area contributed by atoms with Crippen molar-refractivity contribution in [2.24, 2.45) is 7.05 Å². The summed E-state index contributed by atoms with van der Waals surface area (Å²) in [5.41, 5.74) is 1.39. The quantitative estimate of drug-likeness (QED) is 0.733. The van der Waals surface area contributed by atoms with E-state index in [1.54, 1.807) is 14.2 Å². The summed E-state index contributed by atoms with van der Waals surface area (Å²) in [7, 11) is 3.32. The van der Waals surface area contributed by atoms with E-state index < -0.39 is 0 Å². The topological polar surface area (TPSA) is 86.9 Å². The van der Waals surface area contributed by atoms with Gasteiger partial charge in [-0.2, -0.15) is 14.2 Å². The molecule has 0 aliphatic rings. The van der Waals surface area contributed by atoms with Crippen LogP contribution in [-0.4, -0.2) is 37.4 Å². The van der Waals surface area contributed by atoms with Crippen molar-refractivity contribution in [1.29, 1.82) is 0 Å². The van der Waals surface area contributed by atoms with Crippen LogP contribution >= 0.6 is 11.5 Å². The van der Waals surface area contributed by atoms with E-state index >= 15 is 0 Å². The van der Waals surface area contributed by atoms with Gasteiger partial charge in [-0.15, -0.1) is 0 Å². The molecule has 0 unspecified atom stereocenters. The van der Waals surface area contributed by atoms with E-state index in [-0.39, 0.29) is 5.69 Å². The van der Waals surface area contributed by atoms with Crippen LogP contribution < -0.4 is 11.0 Å². The lowest BCUT2D eigenvalue weighted by Gasteiger charge is -2.04. The van der Waals surface area contributed by atoms with Crippen molar-refractivity contribution in [1.82, 2.24) is 23.7 Å². The number of hydrogen-bond acceptors (Lipinski definition) is 7. The van der Waals surface area contributed by atoms with Gasteiger partial charge in [0.1, 0.15) is 12.2 Å². The average Bonchev–Trinajstić information content (AvgIpc) is 3.14. The summed E-state index contributed by atoms with van der Waals surface area (Å²) in [6, 6.07) is 7.38. The van der Waals surface area contributed by atoms with Gasteiger partial charge < -0.3 is 10.1 Å². The third kappa shape index (κ3) is 3.46. The molecule has 0 radical (unpaired) electrons. The molecule has 8 nitrogen and oxygen atoms in total. The van der Waals surface area contributed by atoms with Gasteiger partial charge in [-0.25, -0.2) is 9.78 Å². The Bertz CT molecular complexity index is 836. The minimum absolute atomic E-state index is 0.183. The van der Waals surface area contributed by atoms with E-state index in [1.165, 1.54) is 27.1 Å². The van der Waals surface area contributed by atoms with Gasteiger partial charge in [-0.3, -0.25) is 4.57 Å². The van der Waals surface area contributed by atoms with Crippen LogP contribution in [0.3, 0.4) is 0 Å². The number of ether oxygens (including phenoxy) is 1. The van der Waals surface area contributed by atoms with Gasteiger partial charge in [-0.1, -0.05) is 0 Å². The van der Waals surface area contributed by atoms with Gasteiger partial charge in [0.25, 0.3) is 0 Å². The number of aromatic nitrogens is 5. The summed E-state index contributed by atoms with van der Waals surface area (Å²) in [6.45, 7) is 0.601. The van der Waals surface area contributed by atoms with Crippen molar-refractivity contribution in [2.75, 3.05) is 19.0 Å². The van der Waals surface area contributed by atoms with E-state index in [0.29, 0.717) is 18.7 Å². The smallest absolute Gasteiger partial charge is 0.350 e. The molecule has 2 heterocycles. The Kier molecular flexibility index (Phi) is 4.49. The first kappa shape index (κ1) is 15.4. The maximum atomic E-state index is 11.9. The van der Waals surface area contributed by atoms with Crippen LogP contribution in [-0.2, 0) is 18.2 Å². The molecule has 3 aromatic rings. The van der Waals surface area contributed by atoms with Gasteiger partial charge in [0.2, 0.25) is 5.13 Å². The zero-order valence-electron chi connectivity index (χ0n) is 12.8. The standard InChI is InChI=1S/C14H16N6O2S/c1-19-9-15-20(14(19)21)11-5-3-10(4-6-11)16-13-17-12(18-23-13)7-8-22-2/h3-6,9H,7-8H2,1-2H3,(H,16,17,18). The summed E-state index contributed by atoms with van der Waals surface area (Å²) in [5, 5.41) is 7.96. The van der Waals surface area contributed by atoms with E-state index in [4.69, 9.17) is 4.74 Å². The third-order valence-corrected chi connectivity index (χ3v) is 3.85. The van der Waals surface area contributed by atoms with Gasteiger partial charge in [0, 0.05) is 37.8 Å². The molecule has 0 aliphatic carbocycles. The maximum absolute atomic E-state index is 11.9. The number of anilines is 2. The zero-order chi connectivity index (χ0) is 16.2. The van der Waals surface area contributed by atoms with Crippen molar-refractivity contribution in [3.05, 3.63) is 46.9 Å². The summed E-state index contributed by atoms with van der Waals surface area (Å²) >= 11 is 1.30. The van der Waals surface area contributed by atoms with Crippen molar-refractivity contribution in [2.45, 2.75) is 6.42 Å². The van der Waals surface area contributed by atoms with E-state index in [2.05, 4.69) is 19.8 Å². The molecule has 23 heavy (non-hydrogen) atoms. The van der Waals surface area contributed by atoms with Crippen LogP contribution in [0.4, 0.5) is 10.8 Å². The predicted molar refractivity (Wildman–Crippen MR) is 87.6 cm³/mol. The number of hydrogen-bond donors (Lipinski definition) is 1. The van der Waals surface area contributed by atoms with Crippen molar-refractivity contribution >= 4 is 22.4 Å². The Morgan fingerprint density at radius 3 is 2.74 bits per heavy atom. The molecule has 0 amide bonds. The molecule has 0 saturated heterocycles. The Morgan fingerprint density at radius 2 is 2.09 bits per heavy atom. The first-order chi connectivity index (χ1) is 11.2. The molecular formula is C14H16N6O2S. The molecule has 0 fully saturated rings. The molecule has 0 aliphatic heterocycles. The minimum Gasteiger partial charge on any atom is -0.384 e. The Morgan fingerprint density at radius 1 is 1.30 bits per heavy atom. The van der Waals surface area contributed by atoms with E-state index in [9.17, 15) is 4.79 Å². The first-order valence-electron chi connectivity index (χ1n) is 6.97. The summed E-state index contributed by atoms with van der Waals surface area (Å²) in [5.74, 6) is 0.760. The largest absolute Gasteiger partial charge is 0.384 e. The minimum atomic E-state index is -0.183. The predicted octanol–water partition coefficient (Wildman–Crippen LogP) is 1.35. The Balaban J connectivity index is 1.71. The van der Waals surface area contributed by atoms with Crippen molar-refractivity contribution < 1.29 is 4.74 Å². The van der Waals surface area contributed by atoms with E-state index in [1.807, 2.05) is 24.3 Å². The normalized spacial score (nSPS) is 10.9. The number of rotatable bonds is 6. The number of nitrogens with zero attached hydrogens (tertiary/aromatic N) is 5. The van der Waals surface area contributed by atoms with Crippen LogP contribution in [0.1, 0.15) is 5.82 Å². The summed E-state index contributed by atoms with van der Waals surface area (Å²) in [4.78, 5) is 16.2. The summed E-state index contributed by atoms with van der Waals surface area (Å²) < 4.78 is 12.0. The Hall–Kier alpha value is -2.52. The molecule has 1 N–H and O–H groups in total. The monoisotopic (exact) mass is 332 g/mol. The van der Waals surface area contributed by atoms with E-state index in [0.717, 1.165) is 16.6 Å². The maximum Gasteiger partial charge on any atom is 0.350 e. The second-order valence-corrected chi connectivity index (χ2v) is 5.62. The van der Waals surface area contributed by atoms with Crippen molar-refractivity contribution in [3.63, 3.8) is 0 Å². The molecule has 3 rings (SSSR count). The van der Waals surface area contributed by atoms with Crippen molar-refractivity contribution in [3.8, 4) is 5.69 Å². The molecule has 120 valence electrons. The number of benzene rings is 1. The van der Waals surface area contributed by atoms with Crippen LogP contribution in [0.5, 0.6) is 0 Å². The summed E-state index contributed by atoms with van der Waals surface area (Å²) in [6.07, 6.45) is 2.17. The highest BCUT2D eigenvalue weighted by atomic mass is 32.1. The van der Waals surface area contributed by atoms with Gasteiger partial charge >= 0.3 is 5.69 Å². The fraction of sp³-hybridized carbons (Fsp3) is 0.286. The second-order valence-electron chi connectivity index (χ2n) is 4.87. The molecule has 0 spiro atoms. The lowest BCUT2D eigenvalue weighted by molar-refractivity contribution is 0.201. The van der Waals surface area contributed by atoms with Crippen LogP contribution in [0.2, 0.25) is 0 Å². The van der Waals surface area contributed by atoms with Crippen LogP contribution in [0.15, 0.2) is 35.4 Å². The lowest BCUT2D eigenvalue weighted by atomic mass is 10.3. The zero-order valence-corrected chi connectivity index (χ0v) is 13.6. The number of nitrogens with one attached hydrogen (secondary N) is 1. The van der Waals surface area contributed by atoms with Gasteiger partial charge in [0.15, 0.2) is 0 Å². The number of aryl methyl sites for hydroxylation is 1. The average molecular weight is 332 g/mol. The SMILES string of the molecule is COCCc1nsc(Nc2ccc(-n3ncn(C)c3=O)cc2)n1. The molecular weight excluding hydrogens is 316 g/mol. The lowest BCUT2D eigenvalue weighted by Crippen LogP contribution is -2.21. The van der Waals surface area contributed by atoms with Gasteiger partial charge in [-0.05, 0) is 24.3 Å². The fourth-order valence-electron chi connectivity index (χ4n) is 1.96. The molecule has 0 bridgehead atoms. The van der Waals surface area contributed by atoms with Gasteiger partial charge in [0.05, 0.1) is 12.3 Å². The highest BCUT2D eigenvalue weighted by molar-refractivity contribution is 7.09. The second kappa shape index (κ2) is 6.71. The first-order valence-corrected chi connectivity index (χ1v) is 7.74. The highest BCUT2D eigenvalue weighted by Crippen LogP contribution is 2.19.